The Labute approximate surface area is 102 Å². The molecule has 1 aromatic heterocycles. The van der Waals surface area contributed by atoms with Crippen molar-refractivity contribution in [1.29, 1.82) is 0 Å². The van der Waals surface area contributed by atoms with Crippen LogP contribution in [0.15, 0.2) is 30.3 Å². The predicted octanol–water partition coefficient (Wildman–Crippen LogP) is 2.35. The molecule has 0 bridgehead atoms. The third-order valence-corrected chi connectivity index (χ3v) is 3.12. The first kappa shape index (κ1) is 11.9. The van der Waals surface area contributed by atoms with E-state index in [1.54, 1.807) is 0 Å². The van der Waals surface area contributed by atoms with Crippen LogP contribution in [0.1, 0.15) is 28.6 Å². The lowest BCUT2D eigenvalue weighted by atomic mass is 9.99. The maximum Gasteiger partial charge on any atom is 0.0748 e. The fourth-order valence-corrected chi connectivity index (χ4v) is 2.27. The van der Waals surface area contributed by atoms with Crippen molar-refractivity contribution < 1.29 is 0 Å². The van der Waals surface area contributed by atoms with Gasteiger partial charge in [-0.15, -0.1) is 0 Å². The van der Waals surface area contributed by atoms with Crippen molar-refractivity contribution >= 4 is 0 Å². The van der Waals surface area contributed by atoms with Crippen molar-refractivity contribution in [3.63, 3.8) is 0 Å². The van der Waals surface area contributed by atoms with Crippen molar-refractivity contribution in [3.8, 4) is 0 Å². The molecule has 0 saturated carbocycles. The van der Waals surface area contributed by atoms with Gasteiger partial charge >= 0.3 is 0 Å². The minimum Gasteiger partial charge on any atom is -0.308 e. The lowest BCUT2D eigenvalue weighted by Gasteiger charge is -2.19. The van der Waals surface area contributed by atoms with Crippen LogP contribution < -0.4 is 5.32 Å². The van der Waals surface area contributed by atoms with Crippen LogP contribution in [0.25, 0.3) is 0 Å². The molecule has 0 saturated heterocycles. The molecular formula is C14H19N3. The molecule has 0 amide bonds. The Morgan fingerprint density at radius 3 is 2.47 bits per heavy atom. The molecule has 3 heteroatoms. The highest BCUT2D eigenvalue weighted by Crippen LogP contribution is 2.24. The van der Waals surface area contributed by atoms with Crippen molar-refractivity contribution in [2.24, 2.45) is 7.05 Å². The Morgan fingerprint density at radius 1 is 1.24 bits per heavy atom. The highest BCUT2D eigenvalue weighted by molar-refractivity contribution is 5.34. The topological polar surface area (TPSA) is 29.9 Å². The Bertz CT molecular complexity index is 514. The summed E-state index contributed by atoms with van der Waals surface area (Å²) < 4.78 is 1.95. The minimum atomic E-state index is 0.197. The average Bonchev–Trinajstić information content (AvgIpc) is 2.62. The third-order valence-electron chi connectivity index (χ3n) is 3.12. The van der Waals surface area contributed by atoms with Gasteiger partial charge in [0, 0.05) is 7.05 Å². The Kier molecular flexibility index (Phi) is 3.29. The van der Waals surface area contributed by atoms with Crippen molar-refractivity contribution in [3.05, 3.63) is 52.8 Å². The normalized spacial score (nSPS) is 12.7. The van der Waals surface area contributed by atoms with Crippen molar-refractivity contribution in [2.75, 3.05) is 7.05 Å². The van der Waals surface area contributed by atoms with Crippen LogP contribution in [0, 0.1) is 13.8 Å². The number of nitrogens with one attached hydrogen (secondary N) is 1. The maximum absolute atomic E-state index is 4.41. The molecule has 1 atom stereocenters. The first-order chi connectivity index (χ1) is 8.13. The summed E-state index contributed by atoms with van der Waals surface area (Å²) in [6.45, 7) is 4.16. The van der Waals surface area contributed by atoms with Crippen LogP contribution in [0.2, 0.25) is 0 Å². The van der Waals surface area contributed by atoms with Crippen LogP contribution in [-0.4, -0.2) is 16.8 Å². The van der Waals surface area contributed by atoms with Gasteiger partial charge in [0.15, 0.2) is 0 Å². The second-order valence-corrected chi connectivity index (χ2v) is 4.41. The standard InChI is InChI=1S/C14H19N3/c1-10-7-5-6-8-12(10)14(15-3)13-9-11(2)16-17(13)4/h5-9,14-15H,1-4H3. The zero-order valence-electron chi connectivity index (χ0n) is 10.9. The molecule has 2 rings (SSSR count). The van der Waals surface area contributed by atoms with Gasteiger partial charge in [0.05, 0.1) is 17.4 Å². The summed E-state index contributed by atoms with van der Waals surface area (Å²) >= 11 is 0. The third kappa shape index (κ3) is 2.24. The van der Waals surface area contributed by atoms with E-state index in [1.807, 2.05) is 25.7 Å². The number of hydrogen-bond donors (Lipinski definition) is 1. The lowest BCUT2D eigenvalue weighted by molar-refractivity contribution is 0.602. The molecule has 3 nitrogen and oxygen atoms in total. The van der Waals surface area contributed by atoms with Crippen LogP contribution in [0.3, 0.4) is 0 Å². The molecule has 0 aliphatic rings. The highest BCUT2D eigenvalue weighted by Gasteiger charge is 2.17. The molecule has 1 unspecified atom stereocenters. The van der Waals surface area contributed by atoms with E-state index in [2.05, 4.69) is 47.7 Å². The summed E-state index contributed by atoms with van der Waals surface area (Å²) in [5, 5.41) is 7.78. The first-order valence-electron chi connectivity index (χ1n) is 5.87. The van der Waals surface area contributed by atoms with Crippen LogP contribution in [0.5, 0.6) is 0 Å². The van der Waals surface area contributed by atoms with E-state index in [0.717, 1.165) is 5.69 Å². The number of aromatic nitrogens is 2. The summed E-state index contributed by atoms with van der Waals surface area (Å²) in [6, 6.07) is 10.8. The summed E-state index contributed by atoms with van der Waals surface area (Å²) in [6.07, 6.45) is 0. The van der Waals surface area contributed by atoms with Gasteiger partial charge in [-0.25, -0.2) is 0 Å². The molecule has 2 aromatic rings. The SMILES string of the molecule is CNC(c1ccccc1C)c1cc(C)nn1C. The van der Waals surface area contributed by atoms with Gasteiger partial charge in [-0.2, -0.15) is 5.10 Å². The molecule has 0 spiro atoms. The zero-order valence-corrected chi connectivity index (χ0v) is 10.9. The number of benzene rings is 1. The predicted molar refractivity (Wildman–Crippen MR) is 70.0 cm³/mol. The molecule has 1 N–H and O–H groups in total. The van der Waals surface area contributed by atoms with Gasteiger partial charge in [-0.1, -0.05) is 24.3 Å². The summed E-state index contributed by atoms with van der Waals surface area (Å²) in [5.41, 5.74) is 4.85. The molecule has 1 heterocycles. The smallest absolute Gasteiger partial charge is 0.0748 e. The van der Waals surface area contributed by atoms with Gasteiger partial charge in [0.25, 0.3) is 0 Å². The Balaban J connectivity index is 2.47. The summed E-state index contributed by atoms with van der Waals surface area (Å²) in [7, 11) is 3.98. The molecule has 17 heavy (non-hydrogen) atoms. The van der Waals surface area contributed by atoms with E-state index in [4.69, 9.17) is 0 Å². The quantitative estimate of drug-likeness (QED) is 0.875. The summed E-state index contributed by atoms with van der Waals surface area (Å²) in [5.74, 6) is 0. The first-order valence-corrected chi connectivity index (χ1v) is 5.87. The van der Waals surface area contributed by atoms with E-state index >= 15 is 0 Å². The van der Waals surface area contributed by atoms with E-state index < -0.39 is 0 Å². The molecule has 0 fully saturated rings. The van der Waals surface area contributed by atoms with Crippen molar-refractivity contribution in [2.45, 2.75) is 19.9 Å². The van der Waals surface area contributed by atoms with Gasteiger partial charge in [-0.3, -0.25) is 4.68 Å². The molecule has 0 aliphatic heterocycles. The van der Waals surface area contributed by atoms with Gasteiger partial charge in [-0.05, 0) is 38.1 Å². The Hall–Kier alpha value is -1.61. The van der Waals surface area contributed by atoms with Crippen LogP contribution >= 0.6 is 0 Å². The largest absolute Gasteiger partial charge is 0.308 e. The van der Waals surface area contributed by atoms with Gasteiger partial charge in [0.2, 0.25) is 0 Å². The second-order valence-electron chi connectivity index (χ2n) is 4.41. The second kappa shape index (κ2) is 4.72. The average molecular weight is 229 g/mol. The molecule has 90 valence electrons. The van der Waals surface area contributed by atoms with Gasteiger partial charge in [0.1, 0.15) is 0 Å². The number of nitrogens with zero attached hydrogens (tertiary/aromatic N) is 2. The molecule has 0 radical (unpaired) electrons. The Morgan fingerprint density at radius 2 is 1.94 bits per heavy atom. The van der Waals surface area contributed by atoms with E-state index in [0.29, 0.717) is 0 Å². The molecule has 0 aliphatic carbocycles. The number of hydrogen-bond acceptors (Lipinski definition) is 2. The number of rotatable bonds is 3. The molecule has 1 aromatic carbocycles. The fraction of sp³-hybridized carbons (Fsp3) is 0.357. The highest BCUT2D eigenvalue weighted by atomic mass is 15.3. The van der Waals surface area contributed by atoms with Gasteiger partial charge < -0.3 is 5.32 Å². The van der Waals surface area contributed by atoms with E-state index in [-0.39, 0.29) is 6.04 Å². The van der Waals surface area contributed by atoms with Crippen LogP contribution in [0.4, 0.5) is 0 Å². The zero-order chi connectivity index (χ0) is 12.4. The van der Waals surface area contributed by atoms with Crippen LogP contribution in [-0.2, 0) is 7.05 Å². The van der Waals surface area contributed by atoms with E-state index in [9.17, 15) is 0 Å². The lowest BCUT2D eigenvalue weighted by Crippen LogP contribution is -2.21. The maximum atomic E-state index is 4.41. The minimum absolute atomic E-state index is 0.197. The monoisotopic (exact) mass is 229 g/mol. The number of aryl methyl sites for hydroxylation is 3. The summed E-state index contributed by atoms with van der Waals surface area (Å²) in [4.78, 5) is 0. The fourth-order valence-electron chi connectivity index (χ4n) is 2.27. The van der Waals surface area contributed by atoms with Crippen molar-refractivity contribution in [1.82, 2.24) is 15.1 Å². The van der Waals surface area contributed by atoms with E-state index in [1.165, 1.54) is 16.8 Å². The molecular weight excluding hydrogens is 210 g/mol.